The number of aromatic nitrogens is 3. The average Bonchev–Trinajstić information content (AvgIpc) is 3.17. The molecule has 1 aliphatic heterocycles. The van der Waals surface area contributed by atoms with E-state index in [1.54, 1.807) is 16.8 Å². The predicted molar refractivity (Wildman–Crippen MR) is 83.7 cm³/mol. The SMILES string of the molecule is Fc1ccc(Cl)c([C@H]2CCCN2c2ccn3nccc3n2)c1. The van der Waals surface area contributed by atoms with Crippen molar-refractivity contribution in [2.75, 3.05) is 11.4 Å². The van der Waals surface area contributed by atoms with Crippen LogP contribution in [0.1, 0.15) is 24.4 Å². The van der Waals surface area contributed by atoms with E-state index in [1.807, 2.05) is 18.3 Å². The van der Waals surface area contributed by atoms with E-state index >= 15 is 0 Å². The monoisotopic (exact) mass is 316 g/mol. The molecule has 1 aliphatic rings. The van der Waals surface area contributed by atoms with Crippen LogP contribution in [-0.4, -0.2) is 21.1 Å². The molecular weight excluding hydrogens is 303 g/mol. The maximum Gasteiger partial charge on any atom is 0.157 e. The normalized spacial score (nSPS) is 18.3. The van der Waals surface area contributed by atoms with Crippen molar-refractivity contribution in [3.05, 3.63) is 59.1 Å². The topological polar surface area (TPSA) is 33.4 Å². The summed E-state index contributed by atoms with van der Waals surface area (Å²) in [6.07, 6.45) is 5.58. The van der Waals surface area contributed by atoms with Crippen LogP contribution in [0, 0.1) is 5.82 Å². The Bertz CT molecular complexity index is 832. The lowest BCUT2D eigenvalue weighted by Gasteiger charge is -2.26. The number of nitrogens with zero attached hydrogens (tertiary/aromatic N) is 4. The lowest BCUT2D eigenvalue weighted by molar-refractivity contribution is 0.618. The third-order valence-electron chi connectivity index (χ3n) is 4.11. The quantitative estimate of drug-likeness (QED) is 0.719. The van der Waals surface area contributed by atoms with Crippen molar-refractivity contribution in [1.82, 2.24) is 14.6 Å². The molecule has 0 amide bonds. The number of fused-ring (bicyclic) bond motifs is 1. The molecule has 0 radical (unpaired) electrons. The number of hydrogen-bond acceptors (Lipinski definition) is 3. The summed E-state index contributed by atoms with van der Waals surface area (Å²) in [6, 6.07) is 8.40. The highest BCUT2D eigenvalue weighted by Gasteiger charge is 2.29. The summed E-state index contributed by atoms with van der Waals surface area (Å²) in [5.41, 5.74) is 1.63. The summed E-state index contributed by atoms with van der Waals surface area (Å²) in [4.78, 5) is 6.82. The maximum atomic E-state index is 13.6. The molecule has 0 aliphatic carbocycles. The van der Waals surface area contributed by atoms with Crippen LogP contribution >= 0.6 is 11.6 Å². The Morgan fingerprint density at radius 3 is 3.05 bits per heavy atom. The Morgan fingerprint density at radius 2 is 2.14 bits per heavy atom. The second kappa shape index (κ2) is 5.25. The van der Waals surface area contributed by atoms with Crippen LogP contribution in [0.15, 0.2) is 42.7 Å². The molecule has 4 rings (SSSR count). The molecule has 22 heavy (non-hydrogen) atoms. The summed E-state index contributed by atoms with van der Waals surface area (Å²) < 4.78 is 15.3. The molecular formula is C16H14ClFN4. The van der Waals surface area contributed by atoms with Crippen molar-refractivity contribution in [2.45, 2.75) is 18.9 Å². The Labute approximate surface area is 132 Å². The van der Waals surface area contributed by atoms with Gasteiger partial charge in [-0.15, -0.1) is 0 Å². The fraction of sp³-hybridized carbons (Fsp3) is 0.250. The van der Waals surface area contributed by atoms with Gasteiger partial charge in [-0.05, 0) is 42.7 Å². The van der Waals surface area contributed by atoms with Crippen LogP contribution in [0.4, 0.5) is 10.2 Å². The molecule has 6 heteroatoms. The first-order valence-corrected chi connectivity index (χ1v) is 7.62. The summed E-state index contributed by atoms with van der Waals surface area (Å²) in [5.74, 6) is 0.612. The van der Waals surface area contributed by atoms with Crippen molar-refractivity contribution < 1.29 is 4.39 Å². The fourth-order valence-electron chi connectivity index (χ4n) is 3.10. The maximum absolute atomic E-state index is 13.6. The molecule has 3 aromatic rings. The van der Waals surface area contributed by atoms with E-state index in [1.165, 1.54) is 12.1 Å². The molecule has 3 heterocycles. The van der Waals surface area contributed by atoms with Gasteiger partial charge in [0, 0.05) is 23.8 Å². The number of hydrogen-bond donors (Lipinski definition) is 0. The van der Waals surface area contributed by atoms with Crippen LogP contribution in [-0.2, 0) is 0 Å². The first kappa shape index (κ1) is 13.5. The highest BCUT2D eigenvalue weighted by Crippen LogP contribution is 2.38. The summed E-state index contributed by atoms with van der Waals surface area (Å²) in [5, 5.41) is 4.75. The van der Waals surface area contributed by atoms with Crippen LogP contribution < -0.4 is 4.90 Å². The zero-order valence-corrected chi connectivity index (χ0v) is 12.5. The molecule has 0 spiro atoms. The van der Waals surface area contributed by atoms with E-state index in [-0.39, 0.29) is 11.9 Å². The van der Waals surface area contributed by atoms with Gasteiger partial charge in [0.05, 0.1) is 12.2 Å². The van der Waals surface area contributed by atoms with Gasteiger partial charge < -0.3 is 4.90 Å². The van der Waals surface area contributed by atoms with Gasteiger partial charge in [-0.1, -0.05) is 11.6 Å². The van der Waals surface area contributed by atoms with E-state index in [9.17, 15) is 4.39 Å². The highest BCUT2D eigenvalue weighted by molar-refractivity contribution is 6.31. The Hall–Kier alpha value is -2.14. The number of benzene rings is 1. The van der Waals surface area contributed by atoms with Gasteiger partial charge in [0.2, 0.25) is 0 Å². The molecule has 1 atom stereocenters. The van der Waals surface area contributed by atoms with Crippen molar-refractivity contribution in [2.24, 2.45) is 0 Å². The van der Waals surface area contributed by atoms with Gasteiger partial charge in [-0.3, -0.25) is 0 Å². The van der Waals surface area contributed by atoms with E-state index < -0.39 is 0 Å². The summed E-state index contributed by atoms with van der Waals surface area (Å²) >= 11 is 6.28. The number of rotatable bonds is 2. The first-order chi connectivity index (χ1) is 10.7. The number of anilines is 1. The molecule has 1 aromatic carbocycles. The van der Waals surface area contributed by atoms with E-state index in [0.717, 1.165) is 36.4 Å². The third-order valence-corrected chi connectivity index (χ3v) is 4.45. The Balaban J connectivity index is 1.75. The lowest BCUT2D eigenvalue weighted by Crippen LogP contribution is -2.24. The van der Waals surface area contributed by atoms with Crippen LogP contribution in [0.2, 0.25) is 5.02 Å². The fourth-order valence-corrected chi connectivity index (χ4v) is 3.34. The zero-order chi connectivity index (χ0) is 15.1. The third kappa shape index (κ3) is 2.22. The molecule has 1 saturated heterocycles. The van der Waals surface area contributed by atoms with Gasteiger partial charge >= 0.3 is 0 Å². The Kier molecular flexibility index (Phi) is 3.22. The largest absolute Gasteiger partial charge is 0.349 e. The Morgan fingerprint density at radius 1 is 1.23 bits per heavy atom. The smallest absolute Gasteiger partial charge is 0.157 e. The molecule has 112 valence electrons. The zero-order valence-electron chi connectivity index (χ0n) is 11.8. The van der Waals surface area contributed by atoms with Gasteiger partial charge in [0.25, 0.3) is 0 Å². The highest BCUT2D eigenvalue weighted by atomic mass is 35.5. The van der Waals surface area contributed by atoms with Crippen molar-refractivity contribution >= 4 is 23.1 Å². The molecule has 0 unspecified atom stereocenters. The molecule has 4 nitrogen and oxygen atoms in total. The first-order valence-electron chi connectivity index (χ1n) is 7.24. The van der Waals surface area contributed by atoms with Crippen molar-refractivity contribution in [3.63, 3.8) is 0 Å². The second-order valence-corrected chi connectivity index (χ2v) is 5.84. The van der Waals surface area contributed by atoms with E-state index in [0.29, 0.717) is 5.02 Å². The van der Waals surface area contributed by atoms with Crippen molar-refractivity contribution in [3.8, 4) is 0 Å². The lowest BCUT2D eigenvalue weighted by atomic mass is 10.0. The standard InChI is InChI=1S/C16H14ClFN4/c17-13-4-3-11(18)10-12(13)14-2-1-8-21(14)15-6-9-22-16(20-15)5-7-19-22/h3-7,9-10,14H,1-2,8H2/t14-/m1/s1. The van der Waals surface area contributed by atoms with E-state index in [2.05, 4.69) is 15.0 Å². The molecule has 0 N–H and O–H groups in total. The molecule has 0 bridgehead atoms. The average molecular weight is 317 g/mol. The van der Waals surface area contributed by atoms with Crippen LogP contribution in [0.3, 0.4) is 0 Å². The minimum atomic E-state index is -0.259. The predicted octanol–water partition coefficient (Wildman–Crippen LogP) is 3.86. The second-order valence-electron chi connectivity index (χ2n) is 5.44. The summed E-state index contributed by atoms with van der Waals surface area (Å²) in [7, 11) is 0. The van der Waals surface area contributed by atoms with Gasteiger partial charge in [-0.2, -0.15) is 5.10 Å². The molecule has 0 saturated carbocycles. The summed E-state index contributed by atoms with van der Waals surface area (Å²) in [6.45, 7) is 0.884. The van der Waals surface area contributed by atoms with Gasteiger partial charge in [0.1, 0.15) is 11.6 Å². The number of halogens is 2. The molecule has 2 aromatic heterocycles. The van der Waals surface area contributed by atoms with Crippen LogP contribution in [0.5, 0.6) is 0 Å². The van der Waals surface area contributed by atoms with Gasteiger partial charge in [0.15, 0.2) is 5.65 Å². The minimum Gasteiger partial charge on any atom is -0.349 e. The van der Waals surface area contributed by atoms with Crippen molar-refractivity contribution in [1.29, 1.82) is 0 Å². The van der Waals surface area contributed by atoms with E-state index in [4.69, 9.17) is 11.6 Å². The van der Waals surface area contributed by atoms with Gasteiger partial charge in [-0.25, -0.2) is 13.9 Å². The minimum absolute atomic E-state index is 0.0565. The molecule has 1 fully saturated rings. The van der Waals surface area contributed by atoms with Crippen LogP contribution in [0.25, 0.3) is 5.65 Å².